The number of rotatable bonds is 4. The molecule has 1 N–H and O–H groups in total. The quantitative estimate of drug-likeness (QED) is 0.739. The topological polar surface area (TPSA) is 78.8 Å². The third-order valence-electron chi connectivity index (χ3n) is 4.10. The molecule has 28 heavy (non-hydrogen) atoms. The van der Waals surface area contributed by atoms with E-state index in [0.717, 1.165) is 0 Å². The fourth-order valence-corrected chi connectivity index (χ4v) is 4.75. The maximum Gasteiger partial charge on any atom is 0.286 e. The van der Waals surface area contributed by atoms with Crippen LogP contribution in [0.3, 0.4) is 0 Å². The summed E-state index contributed by atoms with van der Waals surface area (Å²) in [6.07, 6.45) is 0. The zero-order valence-corrected chi connectivity index (χ0v) is 17.9. The van der Waals surface area contributed by atoms with Gasteiger partial charge in [-0.25, -0.2) is 0 Å². The Morgan fingerprint density at radius 1 is 1.14 bits per heavy atom. The molecule has 148 valence electrons. The molecule has 3 rings (SSSR count). The van der Waals surface area contributed by atoms with E-state index >= 15 is 0 Å². The Balaban J connectivity index is 1.97. The van der Waals surface area contributed by atoms with E-state index in [0.29, 0.717) is 39.7 Å². The summed E-state index contributed by atoms with van der Waals surface area (Å²) in [5.74, 6) is 0.236. The first-order chi connectivity index (χ1) is 13.1. The monoisotopic (exact) mass is 439 g/mol. The van der Waals surface area contributed by atoms with Crippen molar-refractivity contribution in [2.24, 2.45) is 10.3 Å². The van der Waals surface area contributed by atoms with Crippen molar-refractivity contribution in [3.8, 4) is 0 Å². The lowest BCUT2D eigenvalue weighted by atomic mass is 10.1. The molecule has 1 aliphatic rings. The van der Waals surface area contributed by atoms with E-state index in [9.17, 15) is 13.2 Å². The molecular formula is C19H19Cl2N3O3S. The number of carbonyl (C=O) groups is 1. The van der Waals surface area contributed by atoms with Crippen molar-refractivity contribution in [2.45, 2.75) is 25.7 Å². The Morgan fingerprint density at radius 2 is 1.79 bits per heavy atom. The molecule has 0 radical (unpaired) electrons. The minimum absolute atomic E-state index is 0.00975. The molecule has 0 unspecified atom stereocenters. The number of nitrogens with zero attached hydrogens (tertiary/aromatic N) is 2. The fourth-order valence-electron chi connectivity index (χ4n) is 2.96. The van der Waals surface area contributed by atoms with Crippen LogP contribution in [0.1, 0.15) is 31.1 Å². The maximum atomic E-state index is 12.6. The van der Waals surface area contributed by atoms with Gasteiger partial charge in [0, 0.05) is 27.8 Å². The van der Waals surface area contributed by atoms with Crippen molar-refractivity contribution >= 4 is 56.3 Å². The second-order valence-corrected chi connectivity index (χ2v) is 9.36. The standard InChI is InChI=1S/C19H19Cl2N3O3S/c1-11(2)10-24-12(3)23-28(26,27)18-6-13(4-5-17(18)24)19(25)22-16-8-14(20)7-15(21)9-16/h4-9,11H,10H2,1-3H3,(H,22,25). The maximum absolute atomic E-state index is 12.6. The molecule has 2 aromatic carbocycles. The highest BCUT2D eigenvalue weighted by Gasteiger charge is 2.30. The number of amides is 1. The average Bonchev–Trinajstić information content (AvgIpc) is 2.56. The van der Waals surface area contributed by atoms with Gasteiger partial charge in [-0.15, -0.1) is 4.40 Å². The Labute approximate surface area is 174 Å². The Hall–Kier alpha value is -2.09. The second kappa shape index (κ2) is 7.73. The van der Waals surface area contributed by atoms with E-state index < -0.39 is 15.9 Å². The lowest BCUT2D eigenvalue weighted by Crippen LogP contribution is -2.36. The number of benzene rings is 2. The van der Waals surface area contributed by atoms with Crippen LogP contribution < -0.4 is 10.2 Å². The lowest BCUT2D eigenvalue weighted by Gasteiger charge is -2.30. The zero-order chi connectivity index (χ0) is 20.6. The molecule has 0 aromatic heterocycles. The van der Waals surface area contributed by atoms with Gasteiger partial charge in [-0.05, 0) is 49.2 Å². The van der Waals surface area contributed by atoms with Gasteiger partial charge in [0.2, 0.25) is 0 Å². The number of hydrogen-bond acceptors (Lipinski definition) is 4. The molecule has 0 bridgehead atoms. The molecule has 2 aromatic rings. The van der Waals surface area contributed by atoms with E-state index in [2.05, 4.69) is 9.71 Å². The van der Waals surface area contributed by atoms with Gasteiger partial charge in [-0.1, -0.05) is 37.0 Å². The van der Waals surface area contributed by atoms with Crippen LogP contribution in [0, 0.1) is 5.92 Å². The van der Waals surface area contributed by atoms with Crippen molar-refractivity contribution in [3.63, 3.8) is 0 Å². The van der Waals surface area contributed by atoms with Gasteiger partial charge in [-0.3, -0.25) is 4.79 Å². The average molecular weight is 440 g/mol. The van der Waals surface area contributed by atoms with Crippen molar-refractivity contribution in [3.05, 3.63) is 52.0 Å². The molecule has 0 fully saturated rings. The summed E-state index contributed by atoms with van der Waals surface area (Å²) in [4.78, 5) is 14.5. The number of carbonyl (C=O) groups excluding carboxylic acids is 1. The van der Waals surface area contributed by atoms with Crippen LogP contribution in [0.5, 0.6) is 0 Å². The number of hydrogen-bond donors (Lipinski definition) is 1. The van der Waals surface area contributed by atoms with Crippen molar-refractivity contribution < 1.29 is 13.2 Å². The predicted octanol–water partition coefficient (Wildman–Crippen LogP) is 4.83. The van der Waals surface area contributed by atoms with Crippen LogP contribution in [0.25, 0.3) is 0 Å². The van der Waals surface area contributed by atoms with Gasteiger partial charge in [-0.2, -0.15) is 8.42 Å². The molecule has 6 nitrogen and oxygen atoms in total. The highest BCUT2D eigenvalue weighted by Crippen LogP contribution is 2.33. The van der Waals surface area contributed by atoms with E-state index in [-0.39, 0.29) is 10.5 Å². The molecule has 0 saturated heterocycles. The molecule has 9 heteroatoms. The number of sulfonamides is 1. The van der Waals surface area contributed by atoms with Gasteiger partial charge in [0.15, 0.2) is 0 Å². The van der Waals surface area contributed by atoms with Gasteiger partial charge in [0.1, 0.15) is 10.7 Å². The fraction of sp³-hybridized carbons (Fsp3) is 0.263. The summed E-state index contributed by atoms with van der Waals surface area (Å²) >= 11 is 11.9. The first-order valence-corrected chi connectivity index (χ1v) is 10.8. The van der Waals surface area contributed by atoms with Gasteiger partial charge < -0.3 is 10.2 Å². The first kappa shape index (κ1) is 20.6. The van der Waals surface area contributed by atoms with E-state index in [1.165, 1.54) is 6.07 Å². The smallest absolute Gasteiger partial charge is 0.286 e. The predicted molar refractivity (Wildman–Crippen MR) is 113 cm³/mol. The third kappa shape index (κ3) is 4.32. The summed E-state index contributed by atoms with van der Waals surface area (Å²) in [5, 5.41) is 3.43. The van der Waals surface area contributed by atoms with Crippen molar-refractivity contribution in [1.29, 1.82) is 0 Å². The van der Waals surface area contributed by atoms with Gasteiger partial charge in [0.05, 0.1) is 5.69 Å². The summed E-state index contributed by atoms with van der Waals surface area (Å²) in [6, 6.07) is 9.22. The van der Waals surface area contributed by atoms with Crippen LogP contribution in [0.15, 0.2) is 45.7 Å². The highest BCUT2D eigenvalue weighted by atomic mass is 35.5. The van der Waals surface area contributed by atoms with Crippen LogP contribution in [0.2, 0.25) is 10.0 Å². The minimum Gasteiger partial charge on any atom is -0.328 e. The molecule has 1 aliphatic heterocycles. The Kier molecular flexibility index (Phi) is 5.70. The number of halogens is 2. The third-order valence-corrected chi connectivity index (χ3v) is 5.93. The Morgan fingerprint density at radius 3 is 2.39 bits per heavy atom. The minimum atomic E-state index is -3.88. The van der Waals surface area contributed by atoms with Crippen molar-refractivity contribution in [2.75, 3.05) is 16.8 Å². The lowest BCUT2D eigenvalue weighted by molar-refractivity contribution is 0.102. The summed E-state index contributed by atoms with van der Waals surface area (Å²) in [6.45, 7) is 6.35. The van der Waals surface area contributed by atoms with E-state index in [4.69, 9.17) is 23.2 Å². The number of amidine groups is 1. The molecular weight excluding hydrogens is 421 g/mol. The molecule has 0 aliphatic carbocycles. The van der Waals surface area contributed by atoms with Gasteiger partial charge >= 0.3 is 0 Å². The Bertz CT molecular complexity index is 1060. The molecule has 0 spiro atoms. The summed E-state index contributed by atoms with van der Waals surface area (Å²) in [5.41, 5.74) is 1.12. The number of anilines is 2. The highest BCUT2D eigenvalue weighted by molar-refractivity contribution is 7.90. The largest absolute Gasteiger partial charge is 0.328 e. The van der Waals surface area contributed by atoms with Crippen LogP contribution in [0.4, 0.5) is 11.4 Å². The molecule has 0 saturated carbocycles. The van der Waals surface area contributed by atoms with Gasteiger partial charge in [0.25, 0.3) is 15.9 Å². The second-order valence-electron chi connectivity index (χ2n) is 6.91. The first-order valence-electron chi connectivity index (χ1n) is 8.57. The SMILES string of the molecule is CC1=NS(=O)(=O)c2cc(C(=O)Nc3cc(Cl)cc(Cl)c3)ccc2N1CC(C)C. The van der Waals surface area contributed by atoms with Crippen LogP contribution in [-0.2, 0) is 10.0 Å². The molecule has 0 atom stereocenters. The van der Waals surface area contributed by atoms with Crippen LogP contribution >= 0.6 is 23.2 Å². The number of nitrogens with one attached hydrogen (secondary N) is 1. The van der Waals surface area contributed by atoms with E-state index in [1.54, 1.807) is 37.3 Å². The molecule has 1 heterocycles. The summed E-state index contributed by atoms with van der Waals surface area (Å²) in [7, 11) is -3.88. The summed E-state index contributed by atoms with van der Waals surface area (Å²) < 4.78 is 29.0. The van der Waals surface area contributed by atoms with Crippen LogP contribution in [-0.4, -0.2) is 26.7 Å². The van der Waals surface area contributed by atoms with E-state index in [1.807, 2.05) is 18.7 Å². The van der Waals surface area contributed by atoms with Crippen molar-refractivity contribution in [1.82, 2.24) is 0 Å². The number of fused-ring (bicyclic) bond motifs is 1. The zero-order valence-electron chi connectivity index (χ0n) is 15.5. The normalized spacial score (nSPS) is 15.2. The molecule has 1 amide bonds.